The summed E-state index contributed by atoms with van der Waals surface area (Å²) in [6.45, 7) is 4.64. The maximum Gasteiger partial charge on any atom is 0.136 e. The average Bonchev–Trinajstić information content (AvgIpc) is 2.36. The summed E-state index contributed by atoms with van der Waals surface area (Å²) >= 11 is 1.55. The molecule has 0 saturated heterocycles. The summed E-state index contributed by atoms with van der Waals surface area (Å²) in [4.78, 5) is 0.717. The minimum Gasteiger partial charge on any atom is -0.327 e. The highest BCUT2D eigenvalue weighted by Crippen LogP contribution is 2.35. The van der Waals surface area contributed by atoms with Crippen LogP contribution in [0.25, 0.3) is 0 Å². The van der Waals surface area contributed by atoms with Gasteiger partial charge in [0.25, 0.3) is 0 Å². The third kappa shape index (κ3) is 4.22. The first-order chi connectivity index (χ1) is 9.06. The minimum absolute atomic E-state index is 0.134. The highest BCUT2D eigenvalue weighted by molar-refractivity contribution is 7.99. The minimum atomic E-state index is -0.134. The van der Waals surface area contributed by atoms with Crippen LogP contribution in [0.15, 0.2) is 29.2 Å². The maximum atomic E-state index is 13.5. The lowest BCUT2D eigenvalue weighted by Crippen LogP contribution is -2.37. The lowest BCUT2D eigenvalue weighted by molar-refractivity contribution is 0.200. The van der Waals surface area contributed by atoms with Gasteiger partial charge in [-0.05, 0) is 49.1 Å². The van der Waals surface area contributed by atoms with Gasteiger partial charge in [0.2, 0.25) is 0 Å². The number of halogens is 1. The molecule has 0 heterocycles. The zero-order valence-electron chi connectivity index (χ0n) is 11.8. The van der Waals surface area contributed by atoms with E-state index in [0.29, 0.717) is 5.92 Å². The van der Waals surface area contributed by atoms with Gasteiger partial charge in [0.1, 0.15) is 5.82 Å². The molecule has 2 rings (SSSR count). The predicted octanol–water partition coefficient (Wildman–Crippen LogP) is 4.32. The number of rotatable bonds is 4. The van der Waals surface area contributed by atoms with E-state index in [0.717, 1.165) is 22.5 Å². The van der Waals surface area contributed by atoms with Crippen LogP contribution in [0.4, 0.5) is 4.39 Å². The molecule has 1 aromatic carbocycles. The highest BCUT2D eigenvalue weighted by Gasteiger charge is 2.28. The molecule has 0 bridgehead atoms. The van der Waals surface area contributed by atoms with E-state index < -0.39 is 0 Å². The van der Waals surface area contributed by atoms with Crippen molar-refractivity contribution in [3.05, 3.63) is 30.1 Å². The Balaban J connectivity index is 1.87. The average molecular weight is 281 g/mol. The lowest BCUT2D eigenvalue weighted by atomic mass is 9.74. The van der Waals surface area contributed by atoms with E-state index in [2.05, 4.69) is 13.8 Å². The Morgan fingerprint density at radius 1 is 1.21 bits per heavy atom. The normalized spacial score (nSPS) is 29.2. The second kappa shape index (κ2) is 6.76. The van der Waals surface area contributed by atoms with Gasteiger partial charge in [0.15, 0.2) is 0 Å². The smallest absolute Gasteiger partial charge is 0.136 e. The Morgan fingerprint density at radius 3 is 2.47 bits per heavy atom. The first kappa shape index (κ1) is 14.9. The van der Waals surface area contributed by atoms with Crippen molar-refractivity contribution < 1.29 is 4.39 Å². The van der Waals surface area contributed by atoms with Crippen molar-refractivity contribution in [1.29, 1.82) is 0 Å². The van der Waals surface area contributed by atoms with E-state index in [1.165, 1.54) is 25.3 Å². The molecule has 1 saturated carbocycles. The van der Waals surface area contributed by atoms with Gasteiger partial charge in [0, 0.05) is 16.7 Å². The Kier molecular flexibility index (Phi) is 5.28. The van der Waals surface area contributed by atoms with Crippen LogP contribution in [0, 0.1) is 23.6 Å². The molecule has 19 heavy (non-hydrogen) atoms. The Labute approximate surface area is 120 Å². The molecule has 2 N–H and O–H groups in total. The topological polar surface area (TPSA) is 26.0 Å². The van der Waals surface area contributed by atoms with Crippen LogP contribution >= 0.6 is 11.8 Å². The third-order valence-corrected chi connectivity index (χ3v) is 5.28. The predicted molar refractivity (Wildman–Crippen MR) is 80.8 cm³/mol. The first-order valence-corrected chi connectivity index (χ1v) is 8.17. The van der Waals surface area contributed by atoms with E-state index in [1.807, 2.05) is 12.1 Å². The molecular formula is C16H24FNS. The number of thioether (sulfide) groups is 1. The second-order valence-electron chi connectivity index (χ2n) is 6.08. The molecule has 0 aliphatic heterocycles. The third-order valence-electron chi connectivity index (χ3n) is 4.09. The zero-order chi connectivity index (χ0) is 13.8. The molecule has 0 spiro atoms. The summed E-state index contributed by atoms with van der Waals surface area (Å²) in [6.07, 6.45) is 3.77. The van der Waals surface area contributed by atoms with Crippen molar-refractivity contribution in [2.24, 2.45) is 23.5 Å². The van der Waals surface area contributed by atoms with Crippen LogP contribution in [0.2, 0.25) is 0 Å². The Morgan fingerprint density at radius 2 is 1.84 bits per heavy atom. The summed E-state index contributed by atoms with van der Waals surface area (Å²) in [6, 6.07) is 7.12. The van der Waals surface area contributed by atoms with Crippen molar-refractivity contribution in [2.45, 2.75) is 44.0 Å². The molecule has 0 radical (unpaired) electrons. The molecule has 1 aliphatic carbocycles. The fraction of sp³-hybridized carbons (Fsp3) is 0.625. The van der Waals surface area contributed by atoms with Gasteiger partial charge in [-0.1, -0.05) is 26.0 Å². The first-order valence-electron chi connectivity index (χ1n) is 7.19. The van der Waals surface area contributed by atoms with Crippen LogP contribution in [0.5, 0.6) is 0 Å². The van der Waals surface area contributed by atoms with E-state index in [-0.39, 0.29) is 11.9 Å². The van der Waals surface area contributed by atoms with Crippen LogP contribution in [-0.4, -0.2) is 11.8 Å². The van der Waals surface area contributed by atoms with Gasteiger partial charge in [-0.25, -0.2) is 4.39 Å². The fourth-order valence-electron chi connectivity index (χ4n) is 3.24. The van der Waals surface area contributed by atoms with Gasteiger partial charge < -0.3 is 5.73 Å². The molecular weight excluding hydrogens is 257 g/mol. The molecule has 1 nitrogen and oxygen atoms in total. The monoisotopic (exact) mass is 281 g/mol. The van der Waals surface area contributed by atoms with E-state index in [4.69, 9.17) is 5.73 Å². The van der Waals surface area contributed by atoms with Gasteiger partial charge in [-0.3, -0.25) is 0 Å². The largest absolute Gasteiger partial charge is 0.327 e. The van der Waals surface area contributed by atoms with Crippen molar-refractivity contribution in [1.82, 2.24) is 0 Å². The highest BCUT2D eigenvalue weighted by atomic mass is 32.2. The molecule has 1 fully saturated rings. The summed E-state index contributed by atoms with van der Waals surface area (Å²) < 4.78 is 13.5. The number of hydrogen-bond donors (Lipinski definition) is 1. The van der Waals surface area contributed by atoms with Gasteiger partial charge >= 0.3 is 0 Å². The maximum absolute atomic E-state index is 13.5. The fourth-order valence-corrected chi connectivity index (χ4v) is 4.27. The summed E-state index contributed by atoms with van der Waals surface area (Å²) in [5.74, 6) is 2.82. The molecule has 3 heteroatoms. The molecule has 1 aliphatic rings. The molecule has 1 aromatic rings. The van der Waals surface area contributed by atoms with E-state index in [1.54, 1.807) is 17.8 Å². The molecule has 106 valence electrons. The number of nitrogens with two attached hydrogens (primary N) is 1. The van der Waals surface area contributed by atoms with Crippen LogP contribution in [0.3, 0.4) is 0 Å². The van der Waals surface area contributed by atoms with Gasteiger partial charge in [0.05, 0.1) is 0 Å². The summed E-state index contributed by atoms with van der Waals surface area (Å²) in [7, 11) is 0. The molecule has 3 unspecified atom stereocenters. The number of benzene rings is 1. The molecule has 0 aromatic heterocycles. The molecule has 3 atom stereocenters. The lowest BCUT2D eigenvalue weighted by Gasteiger charge is -2.34. The zero-order valence-corrected chi connectivity index (χ0v) is 12.6. The second-order valence-corrected chi connectivity index (χ2v) is 7.14. The van der Waals surface area contributed by atoms with Crippen molar-refractivity contribution in [3.8, 4) is 0 Å². The molecule has 0 amide bonds. The van der Waals surface area contributed by atoms with Crippen LogP contribution in [-0.2, 0) is 0 Å². The van der Waals surface area contributed by atoms with E-state index >= 15 is 0 Å². The van der Waals surface area contributed by atoms with Crippen molar-refractivity contribution in [3.63, 3.8) is 0 Å². The summed E-state index contributed by atoms with van der Waals surface area (Å²) in [5, 5.41) is 0. The Bertz CT molecular complexity index is 399. The Hall–Kier alpha value is -0.540. The van der Waals surface area contributed by atoms with Crippen molar-refractivity contribution >= 4 is 11.8 Å². The SMILES string of the molecule is CC1CC(C)CC(C(N)CSc2ccccc2F)C1. The van der Waals surface area contributed by atoms with Crippen LogP contribution < -0.4 is 5.73 Å². The number of hydrogen-bond acceptors (Lipinski definition) is 2. The van der Waals surface area contributed by atoms with Gasteiger partial charge in [-0.2, -0.15) is 0 Å². The summed E-state index contributed by atoms with van der Waals surface area (Å²) in [5.41, 5.74) is 6.33. The van der Waals surface area contributed by atoms with E-state index in [9.17, 15) is 4.39 Å². The standard InChI is InChI=1S/C16H24FNS/c1-11-7-12(2)9-13(8-11)15(18)10-19-16-6-4-3-5-14(16)17/h3-6,11-13,15H,7-10,18H2,1-2H3. The quantitative estimate of drug-likeness (QED) is 0.832. The van der Waals surface area contributed by atoms with Crippen LogP contribution in [0.1, 0.15) is 33.1 Å². The van der Waals surface area contributed by atoms with Gasteiger partial charge in [-0.15, -0.1) is 11.8 Å². The van der Waals surface area contributed by atoms with Crippen molar-refractivity contribution in [2.75, 3.05) is 5.75 Å².